The number of methoxy groups -OCH3 is 1. The van der Waals surface area contributed by atoms with E-state index in [0.717, 1.165) is 17.9 Å². The number of hydrogen-bond donors (Lipinski definition) is 0. The highest BCUT2D eigenvalue weighted by Crippen LogP contribution is 2.29. The molecule has 2 aromatic rings. The molecule has 0 saturated carbocycles. The average molecular weight is 341 g/mol. The van der Waals surface area contributed by atoms with E-state index in [1.807, 2.05) is 12.1 Å². The van der Waals surface area contributed by atoms with Gasteiger partial charge in [0.1, 0.15) is 5.75 Å². The Morgan fingerprint density at radius 3 is 2.33 bits per heavy atom. The van der Waals surface area contributed by atoms with Crippen LogP contribution in [0.15, 0.2) is 66.7 Å². The highest BCUT2D eigenvalue weighted by atomic mass is 32.2. The van der Waals surface area contributed by atoms with E-state index in [4.69, 9.17) is 4.74 Å². The topological polar surface area (TPSA) is 9.23 Å². The minimum Gasteiger partial charge on any atom is -0.497 e. The van der Waals surface area contributed by atoms with Crippen LogP contribution in [0.3, 0.4) is 0 Å². The third-order valence-corrected chi connectivity index (χ3v) is 5.86. The number of rotatable bonds is 9. The number of aryl methyl sites for hydroxylation is 1. The summed E-state index contributed by atoms with van der Waals surface area (Å²) < 4.78 is 5.24. The predicted octanol–water partition coefficient (Wildman–Crippen LogP) is 6.14. The maximum absolute atomic E-state index is 5.24. The van der Waals surface area contributed by atoms with E-state index in [2.05, 4.69) is 80.2 Å². The summed E-state index contributed by atoms with van der Waals surface area (Å²) >= 11 is 2.06. The molecular weight excluding hydrogens is 312 g/mol. The standard InChI is InChI=1S/C22H28OS/c1-4-8-18(2)22(16-13-19-9-6-5-7-10-19)24-17-20-11-14-21(23-3)15-12-20/h4-12,14-15,18,22H,13,16-17H2,1-3H3/b8-4+/t18-,22-/m1/s1. The lowest BCUT2D eigenvalue weighted by Crippen LogP contribution is -2.14. The van der Waals surface area contributed by atoms with Crippen molar-refractivity contribution in [1.29, 1.82) is 0 Å². The molecule has 0 aliphatic heterocycles. The molecule has 0 bridgehead atoms. The molecule has 0 aliphatic carbocycles. The van der Waals surface area contributed by atoms with Crippen LogP contribution in [-0.4, -0.2) is 12.4 Å². The van der Waals surface area contributed by atoms with Crippen molar-refractivity contribution in [2.24, 2.45) is 5.92 Å². The Labute approximate surface area is 151 Å². The Hall–Kier alpha value is -1.67. The zero-order valence-corrected chi connectivity index (χ0v) is 15.8. The van der Waals surface area contributed by atoms with Crippen molar-refractivity contribution >= 4 is 11.8 Å². The zero-order valence-electron chi connectivity index (χ0n) is 14.9. The van der Waals surface area contributed by atoms with Crippen LogP contribution in [0.2, 0.25) is 0 Å². The van der Waals surface area contributed by atoms with Gasteiger partial charge in [-0.1, -0.05) is 61.5 Å². The molecule has 2 rings (SSSR count). The molecule has 2 aromatic carbocycles. The van der Waals surface area contributed by atoms with Crippen LogP contribution in [0.1, 0.15) is 31.4 Å². The summed E-state index contributed by atoms with van der Waals surface area (Å²) in [5, 5.41) is 0.628. The van der Waals surface area contributed by atoms with Gasteiger partial charge in [-0.15, -0.1) is 0 Å². The van der Waals surface area contributed by atoms with E-state index in [9.17, 15) is 0 Å². The largest absolute Gasteiger partial charge is 0.497 e. The molecule has 0 radical (unpaired) electrons. The first-order chi connectivity index (χ1) is 11.7. The van der Waals surface area contributed by atoms with Gasteiger partial charge in [-0.2, -0.15) is 11.8 Å². The van der Waals surface area contributed by atoms with E-state index in [-0.39, 0.29) is 0 Å². The van der Waals surface area contributed by atoms with Crippen LogP contribution >= 0.6 is 11.8 Å². The Kier molecular flexibility index (Phi) is 7.97. The third kappa shape index (κ3) is 6.09. The molecule has 24 heavy (non-hydrogen) atoms. The van der Waals surface area contributed by atoms with Crippen molar-refractivity contribution < 1.29 is 4.74 Å². The van der Waals surface area contributed by atoms with Crippen molar-refractivity contribution in [3.8, 4) is 5.75 Å². The Balaban J connectivity index is 1.94. The summed E-state index contributed by atoms with van der Waals surface area (Å²) in [6.07, 6.45) is 6.85. The van der Waals surface area contributed by atoms with Crippen LogP contribution in [-0.2, 0) is 12.2 Å². The van der Waals surface area contributed by atoms with Gasteiger partial charge in [-0.05, 0) is 48.9 Å². The fourth-order valence-electron chi connectivity index (χ4n) is 2.80. The first-order valence-electron chi connectivity index (χ1n) is 8.64. The zero-order chi connectivity index (χ0) is 17.2. The molecule has 0 fully saturated rings. The summed E-state index contributed by atoms with van der Waals surface area (Å²) in [7, 11) is 1.71. The molecule has 128 valence electrons. The van der Waals surface area contributed by atoms with Gasteiger partial charge in [0.15, 0.2) is 0 Å². The van der Waals surface area contributed by atoms with Crippen LogP contribution in [0.25, 0.3) is 0 Å². The molecule has 0 N–H and O–H groups in total. The number of ether oxygens (including phenoxy) is 1. The lowest BCUT2D eigenvalue weighted by Gasteiger charge is -2.21. The Morgan fingerprint density at radius 1 is 1.00 bits per heavy atom. The van der Waals surface area contributed by atoms with Gasteiger partial charge in [0.25, 0.3) is 0 Å². The van der Waals surface area contributed by atoms with E-state index in [1.54, 1.807) is 7.11 Å². The van der Waals surface area contributed by atoms with Crippen LogP contribution < -0.4 is 4.74 Å². The lowest BCUT2D eigenvalue weighted by atomic mass is 10.00. The summed E-state index contributed by atoms with van der Waals surface area (Å²) in [6.45, 7) is 4.44. The molecule has 2 atom stereocenters. The second kappa shape index (κ2) is 10.2. The van der Waals surface area contributed by atoms with Gasteiger partial charge >= 0.3 is 0 Å². The third-order valence-electron chi connectivity index (χ3n) is 4.27. The predicted molar refractivity (Wildman–Crippen MR) is 107 cm³/mol. The van der Waals surface area contributed by atoms with Crippen LogP contribution in [0.4, 0.5) is 0 Å². The number of thioether (sulfide) groups is 1. The molecule has 0 saturated heterocycles. The number of allylic oxidation sites excluding steroid dienone is 2. The number of hydrogen-bond acceptors (Lipinski definition) is 2. The Bertz CT molecular complexity index is 604. The summed E-state index contributed by atoms with van der Waals surface area (Å²) in [5.41, 5.74) is 2.79. The minimum atomic E-state index is 0.585. The normalized spacial score (nSPS) is 13.8. The maximum atomic E-state index is 5.24. The first kappa shape index (κ1) is 18.7. The molecule has 1 nitrogen and oxygen atoms in total. The van der Waals surface area contributed by atoms with Crippen molar-refractivity contribution in [2.45, 2.75) is 37.7 Å². The molecule has 0 spiro atoms. The number of benzene rings is 2. The molecule has 0 unspecified atom stereocenters. The van der Waals surface area contributed by atoms with Crippen molar-refractivity contribution in [1.82, 2.24) is 0 Å². The highest BCUT2D eigenvalue weighted by Gasteiger charge is 2.15. The van der Waals surface area contributed by atoms with E-state index in [1.165, 1.54) is 17.5 Å². The van der Waals surface area contributed by atoms with Crippen molar-refractivity contribution in [3.63, 3.8) is 0 Å². The Morgan fingerprint density at radius 2 is 1.71 bits per heavy atom. The monoisotopic (exact) mass is 340 g/mol. The van der Waals surface area contributed by atoms with Crippen molar-refractivity contribution in [2.75, 3.05) is 7.11 Å². The fraction of sp³-hybridized carbons (Fsp3) is 0.364. The second-order valence-electron chi connectivity index (χ2n) is 6.11. The van der Waals surface area contributed by atoms with Crippen LogP contribution in [0.5, 0.6) is 5.75 Å². The summed E-state index contributed by atoms with van der Waals surface area (Å²) in [5.74, 6) is 2.55. The van der Waals surface area contributed by atoms with Gasteiger partial charge in [-0.3, -0.25) is 0 Å². The summed E-state index contributed by atoms with van der Waals surface area (Å²) in [6, 6.07) is 19.2. The molecule has 2 heteroatoms. The smallest absolute Gasteiger partial charge is 0.118 e. The van der Waals surface area contributed by atoms with Gasteiger partial charge in [0, 0.05) is 11.0 Å². The highest BCUT2D eigenvalue weighted by molar-refractivity contribution is 7.99. The molecule has 0 heterocycles. The van der Waals surface area contributed by atoms with Gasteiger partial charge in [-0.25, -0.2) is 0 Å². The first-order valence-corrected chi connectivity index (χ1v) is 9.69. The van der Waals surface area contributed by atoms with E-state index < -0.39 is 0 Å². The molecule has 0 amide bonds. The molecule has 0 aliphatic rings. The van der Waals surface area contributed by atoms with Crippen LogP contribution in [0, 0.1) is 5.92 Å². The molecule has 0 aromatic heterocycles. The average Bonchev–Trinajstić information content (AvgIpc) is 2.63. The maximum Gasteiger partial charge on any atom is 0.118 e. The van der Waals surface area contributed by atoms with E-state index in [0.29, 0.717) is 11.2 Å². The van der Waals surface area contributed by atoms with Crippen molar-refractivity contribution in [3.05, 3.63) is 77.9 Å². The summed E-state index contributed by atoms with van der Waals surface area (Å²) in [4.78, 5) is 0. The second-order valence-corrected chi connectivity index (χ2v) is 7.33. The van der Waals surface area contributed by atoms with Gasteiger partial charge in [0.05, 0.1) is 7.11 Å². The SMILES string of the molecule is C/C=C/[C@@H](C)[C@@H](CCc1ccccc1)SCc1ccc(OC)cc1. The minimum absolute atomic E-state index is 0.585. The van der Waals surface area contributed by atoms with Gasteiger partial charge in [0.2, 0.25) is 0 Å². The molecular formula is C22H28OS. The van der Waals surface area contributed by atoms with E-state index >= 15 is 0 Å². The fourth-order valence-corrected chi connectivity index (χ4v) is 4.08. The quantitative estimate of drug-likeness (QED) is 0.507. The van der Waals surface area contributed by atoms with Gasteiger partial charge < -0.3 is 4.74 Å². The lowest BCUT2D eigenvalue weighted by molar-refractivity contribution is 0.414.